The molecule has 1 unspecified atom stereocenters. The van der Waals surface area contributed by atoms with Crippen LogP contribution in [0.4, 0.5) is 0 Å². The highest BCUT2D eigenvalue weighted by Crippen LogP contribution is 2.29. The second-order valence-electron chi connectivity index (χ2n) is 1.81. The molecule has 5 heteroatoms. The third kappa shape index (κ3) is 6.90. The predicted molar refractivity (Wildman–Crippen MR) is 42.3 cm³/mol. The fourth-order valence-electron chi connectivity index (χ4n) is 0.460. The molecule has 0 aromatic carbocycles. The molecule has 0 aliphatic heterocycles. The van der Waals surface area contributed by atoms with Crippen molar-refractivity contribution < 1.29 is 9.84 Å². The van der Waals surface area contributed by atoms with Gasteiger partial charge in [-0.25, -0.2) is 0 Å². The first-order chi connectivity index (χ1) is 4.45. The van der Waals surface area contributed by atoms with Crippen molar-refractivity contribution in [1.82, 2.24) is 0 Å². The van der Waals surface area contributed by atoms with E-state index in [-0.39, 0.29) is 0 Å². The summed E-state index contributed by atoms with van der Waals surface area (Å²) in [4.78, 5) is 0. The molecule has 0 aromatic rings. The standard InChI is InChI=1S/C5H9Cl3O2/c1-2-3-4(9)10-5(6,7)8/h4,9H,2-3H2,1H3. The Balaban J connectivity index is 3.47. The molecule has 10 heavy (non-hydrogen) atoms. The maximum absolute atomic E-state index is 8.91. The largest absolute Gasteiger partial charge is 0.368 e. The molecule has 0 heterocycles. The average Bonchev–Trinajstić information content (AvgIpc) is 1.59. The van der Waals surface area contributed by atoms with Crippen molar-refractivity contribution in [2.45, 2.75) is 30.0 Å². The van der Waals surface area contributed by atoms with Gasteiger partial charge in [-0.05, 0) is 6.42 Å². The van der Waals surface area contributed by atoms with Gasteiger partial charge in [0, 0.05) is 0 Å². The summed E-state index contributed by atoms with van der Waals surface area (Å²) in [5.74, 6) is 0. The molecular formula is C5H9Cl3O2. The molecule has 0 aliphatic rings. The van der Waals surface area contributed by atoms with Gasteiger partial charge < -0.3 is 9.84 Å². The Morgan fingerprint density at radius 3 is 2.30 bits per heavy atom. The van der Waals surface area contributed by atoms with Gasteiger partial charge in [0.1, 0.15) is 0 Å². The number of hydrogen-bond donors (Lipinski definition) is 1. The second-order valence-corrected chi connectivity index (χ2v) is 3.98. The van der Waals surface area contributed by atoms with Crippen molar-refractivity contribution >= 4 is 34.8 Å². The summed E-state index contributed by atoms with van der Waals surface area (Å²) in [5.41, 5.74) is 0. The summed E-state index contributed by atoms with van der Waals surface area (Å²) in [7, 11) is 0. The highest BCUT2D eigenvalue weighted by Gasteiger charge is 2.23. The summed E-state index contributed by atoms with van der Waals surface area (Å²) in [6.07, 6.45) is 0.257. The molecule has 1 N–H and O–H groups in total. The van der Waals surface area contributed by atoms with Crippen LogP contribution in [0.15, 0.2) is 0 Å². The van der Waals surface area contributed by atoms with E-state index in [1.807, 2.05) is 6.92 Å². The Bertz CT molecular complexity index is 91.4. The molecule has 1 atom stereocenters. The van der Waals surface area contributed by atoms with E-state index in [1.165, 1.54) is 0 Å². The molecule has 0 spiro atoms. The van der Waals surface area contributed by atoms with Crippen LogP contribution in [0.5, 0.6) is 0 Å². The monoisotopic (exact) mass is 206 g/mol. The lowest BCUT2D eigenvalue weighted by molar-refractivity contribution is -0.108. The maximum atomic E-state index is 8.91. The Morgan fingerprint density at radius 2 is 2.00 bits per heavy atom. The molecule has 0 radical (unpaired) electrons. The van der Waals surface area contributed by atoms with Crippen LogP contribution in [0.2, 0.25) is 0 Å². The van der Waals surface area contributed by atoms with Crippen LogP contribution in [0.1, 0.15) is 19.8 Å². The molecule has 0 bridgehead atoms. The van der Waals surface area contributed by atoms with Crippen molar-refractivity contribution in [2.24, 2.45) is 0 Å². The second kappa shape index (κ2) is 4.62. The minimum atomic E-state index is -1.81. The van der Waals surface area contributed by atoms with Crippen LogP contribution in [0.3, 0.4) is 0 Å². The maximum Gasteiger partial charge on any atom is 0.299 e. The molecule has 0 aromatic heterocycles. The molecule has 62 valence electrons. The zero-order valence-electron chi connectivity index (χ0n) is 5.48. The summed E-state index contributed by atoms with van der Waals surface area (Å²) in [5, 5.41) is 8.91. The minimum Gasteiger partial charge on any atom is -0.368 e. The minimum absolute atomic E-state index is 0.466. The van der Waals surface area contributed by atoms with Gasteiger partial charge >= 0.3 is 0 Å². The van der Waals surface area contributed by atoms with Crippen LogP contribution < -0.4 is 0 Å². The summed E-state index contributed by atoms with van der Waals surface area (Å²) in [6, 6.07) is 0. The lowest BCUT2D eigenvalue weighted by Crippen LogP contribution is -2.20. The van der Waals surface area contributed by atoms with Gasteiger partial charge in [-0.1, -0.05) is 48.1 Å². The summed E-state index contributed by atoms with van der Waals surface area (Å²) >= 11 is 15.6. The van der Waals surface area contributed by atoms with E-state index in [0.29, 0.717) is 6.42 Å². The molecule has 0 amide bonds. The molecule has 0 saturated carbocycles. The number of aliphatic hydroxyl groups excluding tert-OH is 1. The lowest BCUT2D eigenvalue weighted by Gasteiger charge is -2.16. The first-order valence-corrected chi connectivity index (χ1v) is 4.01. The first kappa shape index (κ1) is 10.8. The van der Waals surface area contributed by atoms with Crippen LogP contribution in [0.25, 0.3) is 0 Å². The number of rotatable bonds is 3. The van der Waals surface area contributed by atoms with E-state index in [2.05, 4.69) is 4.74 Å². The van der Waals surface area contributed by atoms with E-state index in [1.54, 1.807) is 0 Å². The van der Waals surface area contributed by atoms with Gasteiger partial charge in [-0.2, -0.15) is 0 Å². The van der Waals surface area contributed by atoms with E-state index < -0.39 is 10.3 Å². The molecule has 0 rings (SSSR count). The van der Waals surface area contributed by atoms with Crippen LogP contribution in [0, 0.1) is 0 Å². The average molecular weight is 207 g/mol. The number of halogens is 3. The SMILES string of the molecule is CCCC(O)OC(Cl)(Cl)Cl. The van der Waals surface area contributed by atoms with Crippen LogP contribution in [-0.2, 0) is 4.74 Å². The zero-order chi connectivity index (χ0) is 8.20. The Morgan fingerprint density at radius 1 is 1.50 bits per heavy atom. The Kier molecular flexibility index (Phi) is 4.99. The van der Waals surface area contributed by atoms with Crippen LogP contribution in [-0.4, -0.2) is 15.4 Å². The predicted octanol–water partition coefficient (Wildman–Crippen LogP) is 2.45. The Labute approximate surface area is 75.0 Å². The fraction of sp³-hybridized carbons (Fsp3) is 1.00. The van der Waals surface area contributed by atoms with E-state index in [9.17, 15) is 0 Å². The number of aliphatic hydroxyl groups is 1. The smallest absolute Gasteiger partial charge is 0.299 e. The molecule has 0 aliphatic carbocycles. The normalized spacial score (nSPS) is 15.3. The van der Waals surface area contributed by atoms with Gasteiger partial charge in [0.05, 0.1) is 0 Å². The number of alkyl halides is 3. The summed E-state index contributed by atoms with van der Waals surface area (Å²) in [6.45, 7) is 1.89. The van der Waals surface area contributed by atoms with Gasteiger partial charge in [0.15, 0.2) is 6.29 Å². The first-order valence-electron chi connectivity index (χ1n) is 2.88. The zero-order valence-corrected chi connectivity index (χ0v) is 7.75. The van der Waals surface area contributed by atoms with Crippen molar-refractivity contribution in [1.29, 1.82) is 0 Å². The highest BCUT2D eigenvalue weighted by atomic mass is 35.6. The third-order valence-corrected chi connectivity index (χ3v) is 1.07. The molecular weight excluding hydrogens is 198 g/mol. The van der Waals surface area contributed by atoms with Crippen molar-refractivity contribution in [3.8, 4) is 0 Å². The van der Waals surface area contributed by atoms with Gasteiger partial charge in [0.2, 0.25) is 0 Å². The quantitative estimate of drug-likeness (QED) is 0.569. The van der Waals surface area contributed by atoms with Crippen molar-refractivity contribution in [3.05, 3.63) is 0 Å². The van der Waals surface area contributed by atoms with Gasteiger partial charge in [-0.3, -0.25) is 0 Å². The molecule has 2 nitrogen and oxygen atoms in total. The van der Waals surface area contributed by atoms with E-state index in [4.69, 9.17) is 39.9 Å². The highest BCUT2D eigenvalue weighted by molar-refractivity contribution is 6.66. The Hall–Kier alpha value is 0.790. The lowest BCUT2D eigenvalue weighted by atomic mass is 10.3. The van der Waals surface area contributed by atoms with Crippen molar-refractivity contribution in [2.75, 3.05) is 0 Å². The van der Waals surface area contributed by atoms with E-state index in [0.717, 1.165) is 6.42 Å². The van der Waals surface area contributed by atoms with Crippen molar-refractivity contribution in [3.63, 3.8) is 0 Å². The topological polar surface area (TPSA) is 29.5 Å². The third-order valence-electron chi connectivity index (χ3n) is 0.805. The number of ether oxygens (including phenoxy) is 1. The van der Waals surface area contributed by atoms with Gasteiger partial charge in [0.25, 0.3) is 3.98 Å². The van der Waals surface area contributed by atoms with Crippen LogP contribution >= 0.6 is 34.8 Å². The molecule has 0 fully saturated rings. The summed E-state index contributed by atoms with van der Waals surface area (Å²) < 4.78 is 2.72. The number of hydrogen-bond acceptors (Lipinski definition) is 2. The molecule has 0 saturated heterocycles. The van der Waals surface area contributed by atoms with Gasteiger partial charge in [-0.15, -0.1) is 0 Å². The van der Waals surface area contributed by atoms with E-state index >= 15 is 0 Å². The fourth-order valence-corrected chi connectivity index (χ4v) is 0.769.